The second-order valence-electron chi connectivity index (χ2n) is 6.58. The van der Waals surface area contributed by atoms with Gasteiger partial charge < -0.3 is 10.5 Å². The Bertz CT molecular complexity index is 707. The lowest BCUT2D eigenvalue weighted by Gasteiger charge is -2.53. The molecule has 0 spiro atoms. The highest BCUT2D eigenvalue weighted by atomic mass is 19.3. The van der Waals surface area contributed by atoms with Gasteiger partial charge in [0.25, 0.3) is 0 Å². The molecule has 2 aromatic carbocycles. The van der Waals surface area contributed by atoms with Gasteiger partial charge in [0.1, 0.15) is 5.54 Å². The number of carbonyl (C=O) groups is 1. The second-order valence-corrected chi connectivity index (χ2v) is 6.58. The molecule has 4 nitrogen and oxygen atoms in total. The lowest BCUT2D eigenvalue weighted by Crippen LogP contribution is -2.77. The van der Waals surface area contributed by atoms with E-state index in [1.54, 1.807) is 0 Å². The van der Waals surface area contributed by atoms with Crippen LogP contribution in [0, 0.1) is 0 Å². The van der Waals surface area contributed by atoms with E-state index in [4.69, 9.17) is 5.73 Å². The standard InChI is InChI=1S/C20H22F2N2O2/c1-2-26-18(25)20(21,22)19(23)13-24(14-19)17(15-9-5-3-6-10-15)16-11-7-4-8-12-16/h3-12,17H,2,13-14,23H2,1H3. The molecular weight excluding hydrogens is 338 g/mol. The van der Waals surface area contributed by atoms with E-state index in [1.165, 1.54) is 6.92 Å². The van der Waals surface area contributed by atoms with Crippen LogP contribution in [0.25, 0.3) is 0 Å². The quantitative estimate of drug-likeness (QED) is 0.805. The molecule has 0 radical (unpaired) electrons. The van der Waals surface area contributed by atoms with Crippen LogP contribution in [0.15, 0.2) is 60.7 Å². The Balaban J connectivity index is 1.85. The maximum atomic E-state index is 14.4. The summed E-state index contributed by atoms with van der Waals surface area (Å²) in [7, 11) is 0. The number of carbonyl (C=O) groups excluding carboxylic acids is 1. The van der Waals surface area contributed by atoms with Gasteiger partial charge in [0, 0.05) is 13.1 Å². The number of esters is 1. The minimum atomic E-state index is -3.72. The van der Waals surface area contributed by atoms with Crippen molar-refractivity contribution in [1.29, 1.82) is 0 Å². The number of halogens is 2. The number of likely N-dealkylation sites (tertiary alicyclic amines) is 1. The van der Waals surface area contributed by atoms with Gasteiger partial charge in [-0.05, 0) is 18.1 Å². The molecule has 26 heavy (non-hydrogen) atoms. The van der Waals surface area contributed by atoms with Gasteiger partial charge in [0.15, 0.2) is 0 Å². The molecule has 138 valence electrons. The summed E-state index contributed by atoms with van der Waals surface area (Å²) in [5, 5.41) is 0. The molecule has 2 N–H and O–H groups in total. The van der Waals surface area contributed by atoms with E-state index in [1.807, 2.05) is 65.6 Å². The highest BCUT2D eigenvalue weighted by Gasteiger charge is 2.64. The zero-order valence-electron chi connectivity index (χ0n) is 14.6. The summed E-state index contributed by atoms with van der Waals surface area (Å²) in [5.74, 6) is -5.28. The van der Waals surface area contributed by atoms with Crippen molar-refractivity contribution in [3.8, 4) is 0 Å². The summed E-state index contributed by atoms with van der Waals surface area (Å²) in [6.07, 6.45) is 0. The molecule has 0 atom stereocenters. The Hall–Kier alpha value is -2.31. The summed E-state index contributed by atoms with van der Waals surface area (Å²) < 4.78 is 33.4. The minimum absolute atomic E-state index is 0.104. The van der Waals surface area contributed by atoms with E-state index in [2.05, 4.69) is 4.74 Å². The lowest BCUT2D eigenvalue weighted by atomic mass is 9.80. The van der Waals surface area contributed by atoms with Gasteiger partial charge in [0.05, 0.1) is 12.6 Å². The first kappa shape index (κ1) is 18.5. The predicted octanol–water partition coefficient (Wildman–Crippen LogP) is 2.99. The van der Waals surface area contributed by atoms with Gasteiger partial charge in [-0.3, -0.25) is 4.90 Å². The zero-order chi connectivity index (χ0) is 18.8. The fourth-order valence-electron chi connectivity index (χ4n) is 3.37. The summed E-state index contributed by atoms with van der Waals surface area (Å²) in [4.78, 5) is 13.5. The van der Waals surface area contributed by atoms with Crippen LogP contribution in [0.1, 0.15) is 24.1 Å². The van der Waals surface area contributed by atoms with E-state index in [0.29, 0.717) is 0 Å². The smallest absolute Gasteiger partial charge is 0.379 e. The molecule has 1 saturated heterocycles. The van der Waals surface area contributed by atoms with E-state index in [0.717, 1.165) is 11.1 Å². The topological polar surface area (TPSA) is 55.6 Å². The zero-order valence-corrected chi connectivity index (χ0v) is 14.6. The molecule has 0 bridgehead atoms. The molecular formula is C20H22F2N2O2. The molecule has 0 aromatic heterocycles. The van der Waals surface area contributed by atoms with Crippen molar-refractivity contribution >= 4 is 5.97 Å². The van der Waals surface area contributed by atoms with Gasteiger partial charge in [-0.2, -0.15) is 8.78 Å². The third-order valence-corrected chi connectivity index (χ3v) is 4.72. The summed E-state index contributed by atoms with van der Waals surface area (Å²) >= 11 is 0. The van der Waals surface area contributed by atoms with Gasteiger partial charge in [0.2, 0.25) is 0 Å². The highest BCUT2D eigenvalue weighted by Crippen LogP contribution is 2.41. The van der Waals surface area contributed by atoms with E-state index in [9.17, 15) is 13.6 Å². The maximum absolute atomic E-state index is 14.4. The van der Waals surface area contributed by atoms with Gasteiger partial charge in [-0.15, -0.1) is 0 Å². The van der Waals surface area contributed by atoms with Crippen LogP contribution < -0.4 is 5.73 Å². The number of nitrogens with two attached hydrogens (primary N) is 1. The van der Waals surface area contributed by atoms with Crippen LogP contribution >= 0.6 is 0 Å². The van der Waals surface area contributed by atoms with Crippen molar-refractivity contribution in [3.05, 3.63) is 71.8 Å². The van der Waals surface area contributed by atoms with Crippen LogP contribution in [0.5, 0.6) is 0 Å². The third-order valence-electron chi connectivity index (χ3n) is 4.72. The molecule has 1 aliphatic heterocycles. The molecule has 0 amide bonds. The van der Waals surface area contributed by atoms with Crippen LogP contribution in [0.4, 0.5) is 8.78 Å². The number of hydrogen-bond acceptors (Lipinski definition) is 4. The molecule has 0 unspecified atom stereocenters. The Morgan fingerprint density at radius 3 is 2.00 bits per heavy atom. The van der Waals surface area contributed by atoms with Crippen molar-refractivity contribution in [2.24, 2.45) is 5.73 Å². The van der Waals surface area contributed by atoms with E-state index < -0.39 is 17.4 Å². The fraction of sp³-hybridized carbons (Fsp3) is 0.350. The van der Waals surface area contributed by atoms with Crippen molar-refractivity contribution in [3.63, 3.8) is 0 Å². The first-order valence-electron chi connectivity index (χ1n) is 8.57. The Morgan fingerprint density at radius 1 is 1.12 bits per heavy atom. The Kier molecular flexibility index (Phi) is 5.07. The lowest BCUT2D eigenvalue weighted by molar-refractivity contribution is -0.197. The van der Waals surface area contributed by atoms with Crippen LogP contribution in [0.2, 0.25) is 0 Å². The Labute approximate surface area is 151 Å². The van der Waals surface area contributed by atoms with Crippen molar-refractivity contribution in [2.75, 3.05) is 19.7 Å². The molecule has 1 fully saturated rings. The largest absolute Gasteiger partial charge is 0.462 e. The van der Waals surface area contributed by atoms with Crippen molar-refractivity contribution in [2.45, 2.75) is 24.4 Å². The van der Waals surface area contributed by atoms with Crippen LogP contribution in [0.3, 0.4) is 0 Å². The number of nitrogens with zero attached hydrogens (tertiary/aromatic N) is 1. The Morgan fingerprint density at radius 2 is 1.58 bits per heavy atom. The van der Waals surface area contributed by atoms with Gasteiger partial charge in [-0.1, -0.05) is 60.7 Å². The number of ether oxygens (including phenoxy) is 1. The van der Waals surface area contributed by atoms with Crippen molar-refractivity contribution in [1.82, 2.24) is 4.90 Å². The number of rotatable bonds is 6. The molecule has 6 heteroatoms. The first-order chi connectivity index (χ1) is 12.4. The van der Waals surface area contributed by atoms with Gasteiger partial charge >= 0.3 is 11.9 Å². The predicted molar refractivity (Wildman–Crippen MR) is 94.8 cm³/mol. The molecule has 0 aliphatic carbocycles. The molecule has 0 saturated carbocycles. The minimum Gasteiger partial charge on any atom is -0.462 e. The third kappa shape index (κ3) is 3.22. The summed E-state index contributed by atoms with van der Waals surface area (Å²) in [5.41, 5.74) is 5.95. The number of alkyl halides is 2. The number of hydrogen-bond donors (Lipinski definition) is 1. The SMILES string of the molecule is CCOC(=O)C(F)(F)C1(N)CN(C(c2ccccc2)c2ccccc2)C1. The fourth-order valence-corrected chi connectivity index (χ4v) is 3.37. The van der Waals surface area contributed by atoms with E-state index >= 15 is 0 Å². The summed E-state index contributed by atoms with van der Waals surface area (Å²) in [6, 6.07) is 19.1. The average Bonchev–Trinajstić information content (AvgIpc) is 2.62. The van der Waals surface area contributed by atoms with Gasteiger partial charge in [-0.25, -0.2) is 4.79 Å². The molecule has 1 aliphatic rings. The monoisotopic (exact) mass is 360 g/mol. The van der Waals surface area contributed by atoms with Crippen LogP contribution in [-0.2, 0) is 9.53 Å². The van der Waals surface area contributed by atoms with Crippen LogP contribution in [-0.4, -0.2) is 42.0 Å². The number of benzene rings is 2. The molecule has 3 rings (SSSR count). The van der Waals surface area contributed by atoms with Crippen molar-refractivity contribution < 1.29 is 18.3 Å². The first-order valence-corrected chi connectivity index (χ1v) is 8.57. The van der Waals surface area contributed by atoms with E-state index in [-0.39, 0.29) is 25.7 Å². The normalized spacial score (nSPS) is 17.0. The molecule has 2 aromatic rings. The molecule has 1 heterocycles. The second kappa shape index (κ2) is 7.13. The maximum Gasteiger partial charge on any atom is 0.379 e. The average molecular weight is 360 g/mol. The summed E-state index contributed by atoms with van der Waals surface area (Å²) in [6.45, 7) is 1.18. The highest BCUT2D eigenvalue weighted by molar-refractivity contribution is 5.80.